The van der Waals surface area contributed by atoms with Crippen LogP contribution in [0.1, 0.15) is 28.7 Å². The van der Waals surface area contributed by atoms with E-state index in [-0.39, 0.29) is 11.8 Å². The van der Waals surface area contributed by atoms with Crippen molar-refractivity contribution in [2.45, 2.75) is 26.3 Å². The Morgan fingerprint density at radius 1 is 1.14 bits per heavy atom. The van der Waals surface area contributed by atoms with Gasteiger partial charge in [0.15, 0.2) is 0 Å². The minimum absolute atomic E-state index is 0.151. The lowest BCUT2D eigenvalue weighted by Crippen LogP contribution is -2.19. The maximum Gasteiger partial charge on any atom is 0.573 e. The molecule has 2 rings (SSSR count). The highest BCUT2D eigenvalue weighted by molar-refractivity contribution is 5.37. The Morgan fingerprint density at radius 3 is 2.19 bits per heavy atom. The largest absolute Gasteiger partial charge is 0.573 e. The van der Waals surface area contributed by atoms with Crippen molar-refractivity contribution in [3.63, 3.8) is 0 Å². The summed E-state index contributed by atoms with van der Waals surface area (Å²) in [5, 5.41) is 3.13. The number of nitrogens with one attached hydrogen (secondary N) is 1. The van der Waals surface area contributed by atoms with Crippen molar-refractivity contribution in [3.05, 3.63) is 53.0 Å². The van der Waals surface area contributed by atoms with Gasteiger partial charge >= 0.3 is 6.36 Å². The highest BCUT2D eigenvalue weighted by atomic mass is 19.4. The van der Waals surface area contributed by atoms with Crippen LogP contribution in [-0.4, -0.2) is 13.4 Å². The molecule has 3 nitrogen and oxygen atoms in total. The molecule has 0 aliphatic heterocycles. The minimum atomic E-state index is -4.68. The van der Waals surface area contributed by atoms with Gasteiger partial charge in [0.1, 0.15) is 17.3 Å². The summed E-state index contributed by atoms with van der Waals surface area (Å²) in [4.78, 5) is 0. The fourth-order valence-electron chi connectivity index (χ4n) is 2.30. The van der Waals surface area contributed by atoms with Crippen LogP contribution < -0.4 is 10.1 Å². The molecule has 1 aromatic heterocycles. The van der Waals surface area contributed by atoms with Crippen LogP contribution in [0.5, 0.6) is 5.75 Å². The lowest BCUT2D eigenvalue weighted by molar-refractivity contribution is -0.274. The molecule has 0 radical (unpaired) electrons. The third-order valence-corrected chi connectivity index (χ3v) is 3.13. The predicted octanol–water partition coefficient (Wildman–Crippen LogP) is 4.10. The Hall–Kier alpha value is -1.95. The topological polar surface area (TPSA) is 34.4 Å². The van der Waals surface area contributed by atoms with Crippen LogP contribution in [0.15, 0.2) is 34.7 Å². The smallest absolute Gasteiger partial charge is 0.466 e. The Morgan fingerprint density at radius 2 is 1.76 bits per heavy atom. The number of hydrogen-bond acceptors (Lipinski definition) is 3. The number of halogens is 3. The predicted molar refractivity (Wildman–Crippen MR) is 72.2 cm³/mol. The van der Waals surface area contributed by atoms with Crippen LogP contribution in [0.3, 0.4) is 0 Å². The molecule has 114 valence electrons. The molecule has 1 atom stereocenters. The van der Waals surface area contributed by atoms with E-state index < -0.39 is 6.36 Å². The third kappa shape index (κ3) is 3.78. The van der Waals surface area contributed by atoms with Crippen molar-refractivity contribution in [2.75, 3.05) is 7.05 Å². The SMILES string of the molecule is CNC(c1ccc(OC(F)(F)F)cc1)c1cc(C)oc1C. The molecule has 21 heavy (non-hydrogen) atoms. The summed E-state index contributed by atoms with van der Waals surface area (Å²) in [7, 11) is 1.78. The number of furan rings is 1. The van der Waals surface area contributed by atoms with Gasteiger partial charge in [-0.15, -0.1) is 13.2 Å². The van der Waals surface area contributed by atoms with E-state index in [1.165, 1.54) is 12.1 Å². The summed E-state index contributed by atoms with van der Waals surface area (Å²) in [5.74, 6) is 1.34. The molecule has 1 aromatic carbocycles. The van der Waals surface area contributed by atoms with E-state index >= 15 is 0 Å². The maximum absolute atomic E-state index is 12.1. The van der Waals surface area contributed by atoms with E-state index in [1.807, 2.05) is 19.9 Å². The molecule has 0 bridgehead atoms. The molecule has 0 saturated carbocycles. The molecule has 0 saturated heterocycles. The molecule has 0 aliphatic rings. The minimum Gasteiger partial charge on any atom is -0.466 e. The summed E-state index contributed by atoms with van der Waals surface area (Å²) in [5.41, 5.74) is 1.79. The van der Waals surface area contributed by atoms with Crippen molar-refractivity contribution in [1.82, 2.24) is 5.32 Å². The number of ether oxygens (including phenoxy) is 1. The van der Waals surface area contributed by atoms with E-state index in [9.17, 15) is 13.2 Å². The van der Waals surface area contributed by atoms with Gasteiger partial charge in [-0.05, 0) is 44.7 Å². The van der Waals surface area contributed by atoms with Gasteiger partial charge in [-0.1, -0.05) is 12.1 Å². The zero-order valence-corrected chi connectivity index (χ0v) is 11.9. The molecule has 1 heterocycles. The third-order valence-electron chi connectivity index (χ3n) is 3.13. The van der Waals surface area contributed by atoms with E-state index in [4.69, 9.17) is 4.42 Å². The molecular weight excluding hydrogens is 283 g/mol. The van der Waals surface area contributed by atoms with Crippen LogP contribution in [0.4, 0.5) is 13.2 Å². The standard InChI is InChI=1S/C15H16F3NO2/c1-9-8-13(10(2)20-9)14(19-3)11-4-6-12(7-5-11)21-15(16,17)18/h4-8,14,19H,1-3H3. The maximum atomic E-state index is 12.1. The zero-order valence-electron chi connectivity index (χ0n) is 11.9. The number of alkyl halides is 3. The highest BCUT2D eigenvalue weighted by Gasteiger charge is 2.31. The van der Waals surface area contributed by atoms with Crippen LogP contribution >= 0.6 is 0 Å². The lowest BCUT2D eigenvalue weighted by Gasteiger charge is -2.17. The monoisotopic (exact) mass is 299 g/mol. The molecule has 1 unspecified atom stereocenters. The van der Waals surface area contributed by atoms with Crippen molar-refractivity contribution in [1.29, 1.82) is 0 Å². The number of hydrogen-bond donors (Lipinski definition) is 1. The van der Waals surface area contributed by atoms with Gasteiger partial charge < -0.3 is 14.5 Å². The van der Waals surface area contributed by atoms with Gasteiger partial charge in [0, 0.05) is 5.56 Å². The molecule has 0 fully saturated rings. The quantitative estimate of drug-likeness (QED) is 0.923. The van der Waals surface area contributed by atoms with Crippen molar-refractivity contribution in [2.24, 2.45) is 0 Å². The van der Waals surface area contributed by atoms with Gasteiger partial charge in [-0.2, -0.15) is 0 Å². The van der Waals surface area contributed by atoms with E-state index in [2.05, 4.69) is 10.1 Å². The van der Waals surface area contributed by atoms with Gasteiger partial charge in [-0.25, -0.2) is 0 Å². The van der Waals surface area contributed by atoms with E-state index in [1.54, 1.807) is 19.2 Å². The Balaban J connectivity index is 2.25. The van der Waals surface area contributed by atoms with Gasteiger partial charge in [-0.3, -0.25) is 0 Å². The molecule has 1 N–H and O–H groups in total. The molecule has 0 amide bonds. The van der Waals surface area contributed by atoms with Crippen LogP contribution in [0.25, 0.3) is 0 Å². The Kier molecular flexibility index (Phi) is 4.27. The Bertz CT molecular complexity index is 602. The second kappa shape index (κ2) is 5.81. The lowest BCUT2D eigenvalue weighted by atomic mass is 9.99. The first-order chi connectivity index (χ1) is 9.80. The second-order valence-corrected chi connectivity index (χ2v) is 4.71. The van der Waals surface area contributed by atoms with Gasteiger partial charge in [0.05, 0.1) is 6.04 Å². The highest BCUT2D eigenvalue weighted by Crippen LogP contribution is 2.29. The van der Waals surface area contributed by atoms with Gasteiger partial charge in [0.25, 0.3) is 0 Å². The fourth-order valence-corrected chi connectivity index (χ4v) is 2.30. The van der Waals surface area contributed by atoms with Crippen LogP contribution in [-0.2, 0) is 0 Å². The second-order valence-electron chi connectivity index (χ2n) is 4.71. The molecule has 0 aliphatic carbocycles. The average molecular weight is 299 g/mol. The molecule has 0 spiro atoms. The molecule has 2 aromatic rings. The van der Waals surface area contributed by atoms with E-state index in [0.717, 1.165) is 22.6 Å². The first-order valence-corrected chi connectivity index (χ1v) is 6.40. The van der Waals surface area contributed by atoms with Gasteiger partial charge in [0.2, 0.25) is 0 Å². The van der Waals surface area contributed by atoms with Crippen molar-refractivity contribution >= 4 is 0 Å². The number of rotatable bonds is 4. The summed E-state index contributed by atoms with van der Waals surface area (Å²) >= 11 is 0. The summed E-state index contributed by atoms with van der Waals surface area (Å²) in [6.07, 6.45) is -4.68. The summed E-state index contributed by atoms with van der Waals surface area (Å²) < 4.78 is 45.8. The van der Waals surface area contributed by atoms with E-state index in [0.29, 0.717) is 0 Å². The van der Waals surface area contributed by atoms with Crippen LogP contribution in [0.2, 0.25) is 0 Å². The van der Waals surface area contributed by atoms with Crippen molar-refractivity contribution < 1.29 is 22.3 Å². The molecular formula is C15H16F3NO2. The zero-order chi connectivity index (χ0) is 15.6. The first-order valence-electron chi connectivity index (χ1n) is 6.40. The van der Waals surface area contributed by atoms with Crippen LogP contribution in [0, 0.1) is 13.8 Å². The average Bonchev–Trinajstić information content (AvgIpc) is 2.70. The summed E-state index contributed by atoms with van der Waals surface area (Å²) in [6.45, 7) is 3.71. The number of benzene rings is 1. The fraction of sp³-hybridized carbons (Fsp3) is 0.333. The molecule has 6 heteroatoms. The first kappa shape index (κ1) is 15.4. The normalized spacial score (nSPS) is 13.2. The number of aryl methyl sites for hydroxylation is 2. The summed E-state index contributed by atoms with van der Waals surface area (Å²) in [6, 6.07) is 7.57. The Labute approximate surface area is 120 Å². The van der Waals surface area contributed by atoms with Crippen molar-refractivity contribution in [3.8, 4) is 5.75 Å².